The lowest BCUT2D eigenvalue weighted by Gasteiger charge is -2.39. The molecule has 2 saturated heterocycles. The Morgan fingerprint density at radius 1 is 1.02 bits per heavy atom. The largest absolute Gasteiger partial charge is 0.339 e. The van der Waals surface area contributed by atoms with Crippen LogP contribution in [0.4, 0.5) is 10.5 Å². The topological polar surface area (TPSA) is 74.9 Å². The predicted molar refractivity (Wildman–Crippen MR) is 177 cm³/mol. The molecule has 4 unspecified atom stereocenters. The van der Waals surface area contributed by atoms with E-state index in [1.165, 1.54) is 36.6 Å². The molecule has 11 rings (SSSR count). The van der Waals surface area contributed by atoms with Gasteiger partial charge in [0.05, 0.1) is 22.5 Å². The van der Waals surface area contributed by atoms with Crippen LogP contribution in [0.15, 0.2) is 66.9 Å². The number of aromatic nitrogens is 3. The molecule has 5 heterocycles. The Morgan fingerprint density at radius 2 is 1.89 bits per heavy atom. The maximum absolute atomic E-state index is 13.8. The monoisotopic (exact) mass is 608 g/mol. The van der Waals surface area contributed by atoms with Crippen LogP contribution in [0.25, 0.3) is 38.9 Å². The Bertz CT molecular complexity index is 2170. The fourth-order valence-corrected chi connectivity index (χ4v) is 10.3. The Balaban J connectivity index is 0.987. The lowest BCUT2D eigenvalue weighted by molar-refractivity contribution is 0.0584. The van der Waals surface area contributed by atoms with E-state index in [0.29, 0.717) is 30.5 Å². The average molecular weight is 609 g/mol. The summed E-state index contributed by atoms with van der Waals surface area (Å²) in [4.78, 5) is 30.4. The van der Waals surface area contributed by atoms with Gasteiger partial charge in [-0.1, -0.05) is 30.3 Å². The van der Waals surface area contributed by atoms with Gasteiger partial charge in [0.25, 0.3) is 5.91 Å². The summed E-state index contributed by atoms with van der Waals surface area (Å²) in [5.41, 5.74) is 9.82. The Hall–Kier alpha value is -4.59. The average Bonchev–Trinajstić information content (AvgIpc) is 3.64. The molecule has 8 heteroatoms. The van der Waals surface area contributed by atoms with Gasteiger partial charge in [-0.3, -0.25) is 9.69 Å². The molecule has 1 spiro atoms. The van der Waals surface area contributed by atoms with Crippen LogP contribution in [0.1, 0.15) is 41.6 Å². The maximum Gasteiger partial charge on any atom is 0.322 e. The zero-order valence-corrected chi connectivity index (χ0v) is 25.9. The summed E-state index contributed by atoms with van der Waals surface area (Å²) in [7, 11) is 0. The number of fused-ring (bicyclic) bond motifs is 3. The lowest BCUT2D eigenvalue weighted by Crippen LogP contribution is -2.45. The second kappa shape index (κ2) is 8.60. The highest BCUT2D eigenvalue weighted by Gasteiger charge is 2.88. The first-order valence-electron chi connectivity index (χ1n) is 17.1. The molecule has 8 nitrogen and oxygen atoms in total. The number of benzene rings is 2. The van der Waals surface area contributed by atoms with Crippen molar-refractivity contribution in [1.29, 1.82) is 0 Å². The number of pyridine rings is 1. The highest BCUT2D eigenvalue weighted by atomic mass is 16.2. The Morgan fingerprint density at radius 3 is 2.67 bits per heavy atom. The van der Waals surface area contributed by atoms with Crippen molar-refractivity contribution in [1.82, 2.24) is 24.4 Å². The van der Waals surface area contributed by atoms with E-state index in [4.69, 9.17) is 5.10 Å². The number of nitrogens with zero attached hydrogens (tertiary/aromatic N) is 5. The third-order valence-corrected chi connectivity index (χ3v) is 12.8. The fourth-order valence-electron chi connectivity index (χ4n) is 10.3. The number of carbonyl (C=O) groups is 2. The van der Waals surface area contributed by atoms with Gasteiger partial charge in [-0.05, 0) is 92.2 Å². The third-order valence-electron chi connectivity index (χ3n) is 12.8. The van der Waals surface area contributed by atoms with E-state index in [0.717, 1.165) is 75.7 Å². The molecule has 5 aromatic rings. The SMILES string of the molecule is Cc1c(-c2cc3ccc(-c4ccccc4N4CCNC4=O)cc3n2CC2CC2)nn2cc(C(=O)N3CC4CC5C6CC3[C@@]456)ccc12. The van der Waals surface area contributed by atoms with Crippen LogP contribution in [0, 0.1) is 36.0 Å². The number of hydrogen-bond acceptors (Lipinski definition) is 3. The van der Waals surface area contributed by atoms with Gasteiger partial charge < -0.3 is 14.8 Å². The van der Waals surface area contributed by atoms with Crippen molar-refractivity contribution in [3.05, 3.63) is 78.0 Å². The number of hydrogen-bond donors (Lipinski definition) is 1. The van der Waals surface area contributed by atoms with Crippen LogP contribution in [0.2, 0.25) is 0 Å². The summed E-state index contributed by atoms with van der Waals surface area (Å²) in [5, 5.41) is 9.28. The highest BCUT2D eigenvalue weighted by molar-refractivity contribution is 6.00. The molecule has 46 heavy (non-hydrogen) atoms. The molecule has 4 saturated carbocycles. The minimum Gasteiger partial charge on any atom is -0.339 e. The van der Waals surface area contributed by atoms with E-state index in [2.05, 4.69) is 58.1 Å². The molecule has 3 aromatic heterocycles. The smallest absolute Gasteiger partial charge is 0.322 e. The molecule has 0 radical (unpaired) electrons. The molecule has 6 fully saturated rings. The van der Waals surface area contributed by atoms with Crippen LogP contribution in [0.3, 0.4) is 0 Å². The number of anilines is 1. The van der Waals surface area contributed by atoms with Crippen molar-refractivity contribution in [2.24, 2.45) is 29.1 Å². The van der Waals surface area contributed by atoms with Crippen molar-refractivity contribution in [3.8, 4) is 22.5 Å². The summed E-state index contributed by atoms with van der Waals surface area (Å²) in [5.74, 6) is 3.43. The van der Waals surface area contributed by atoms with Gasteiger partial charge in [0.1, 0.15) is 5.69 Å². The standard InChI is InChI=1S/C38H36N6O2/c1-21-30-11-10-25(36(45)43-20-26-16-28-29-17-34(43)38(26,28)29)19-44(30)40-35(21)33-15-24-9-8-23(14-32(24)42(33)18-22-6-7-22)27-4-2-3-5-31(27)41-13-12-39-37(41)46/h2-5,8-11,14-15,19,22,26,28-29,34H,6-7,12-13,16-18,20H2,1H3,(H,39,46)/t26?,28?,29?,34?,38-/m0/s1. The number of urea groups is 1. The number of nitrogens with one attached hydrogen (secondary N) is 1. The maximum atomic E-state index is 13.8. The van der Waals surface area contributed by atoms with Gasteiger partial charge in [0.2, 0.25) is 0 Å². The van der Waals surface area contributed by atoms with Gasteiger partial charge in [0, 0.05) is 65.9 Å². The Labute approximate surface area is 267 Å². The zero-order valence-electron chi connectivity index (χ0n) is 25.9. The second-order valence-electron chi connectivity index (χ2n) is 14.8. The summed E-state index contributed by atoms with van der Waals surface area (Å²) in [6.45, 7) is 5.38. The van der Waals surface area contributed by atoms with Gasteiger partial charge in [0.15, 0.2) is 0 Å². The molecular weight excluding hydrogens is 572 g/mol. The van der Waals surface area contributed by atoms with E-state index in [-0.39, 0.29) is 11.9 Å². The molecule has 2 aromatic carbocycles. The molecule has 2 aliphatic heterocycles. The molecule has 230 valence electrons. The van der Waals surface area contributed by atoms with Crippen molar-refractivity contribution < 1.29 is 9.59 Å². The van der Waals surface area contributed by atoms with Gasteiger partial charge in [-0.25, -0.2) is 9.31 Å². The number of para-hydroxylation sites is 1. The molecule has 6 aliphatic rings. The number of amides is 3. The van der Waals surface area contributed by atoms with Crippen molar-refractivity contribution in [2.45, 2.75) is 45.2 Å². The quantitative estimate of drug-likeness (QED) is 0.244. The minimum absolute atomic E-state index is 0.0411. The number of likely N-dealkylation sites (tertiary alicyclic amines) is 1. The number of rotatable bonds is 6. The van der Waals surface area contributed by atoms with E-state index in [1.54, 1.807) is 0 Å². The molecule has 4 aliphatic carbocycles. The van der Waals surface area contributed by atoms with Crippen LogP contribution >= 0.6 is 0 Å². The molecule has 5 atom stereocenters. The van der Waals surface area contributed by atoms with Crippen molar-refractivity contribution in [2.75, 3.05) is 24.5 Å². The third kappa shape index (κ3) is 3.17. The summed E-state index contributed by atoms with van der Waals surface area (Å²) in [6, 6.07) is 21.7. The van der Waals surface area contributed by atoms with Gasteiger partial charge in [-0.15, -0.1) is 0 Å². The van der Waals surface area contributed by atoms with E-state index < -0.39 is 0 Å². The van der Waals surface area contributed by atoms with E-state index in [1.807, 2.05) is 39.9 Å². The van der Waals surface area contributed by atoms with Crippen molar-refractivity contribution >= 4 is 34.0 Å². The van der Waals surface area contributed by atoms with E-state index in [9.17, 15) is 9.59 Å². The number of carbonyl (C=O) groups excluding carboxylic acids is 2. The van der Waals surface area contributed by atoms with Crippen LogP contribution in [0.5, 0.6) is 0 Å². The molecule has 0 bridgehead atoms. The number of aryl methyl sites for hydroxylation is 1. The van der Waals surface area contributed by atoms with Crippen molar-refractivity contribution in [3.63, 3.8) is 0 Å². The van der Waals surface area contributed by atoms with Crippen LogP contribution in [-0.2, 0) is 6.54 Å². The minimum atomic E-state index is -0.0411. The first-order chi connectivity index (χ1) is 22.5. The zero-order chi connectivity index (χ0) is 30.5. The predicted octanol–water partition coefficient (Wildman–Crippen LogP) is 6.35. The molecular formula is C38H36N6O2. The first kappa shape index (κ1) is 25.6. The Kier molecular flexibility index (Phi) is 4.79. The van der Waals surface area contributed by atoms with Crippen LogP contribution in [-0.4, -0.2) is 56.7 Å². The first-order valence-corrected chi connectivity index (χ1v) is 17.1. The summed E-state index contributed by atoms with van der Waals surface area (Å²) in [6.07, 6.45) is 7.02. The highest BCUT2D eigenvalue weighted by Crippen LogP contribution is 2.88. The summed E-state index contributed by atoms with van der Waals surface area (Å²) >= 11 is 0. The van der Waals surface area contributed by atoms with Gasteiger partial charge >= 0.3 is 6.03 Å². The van der Waals surface area contributed by atoms with E-state index >= 15 is 0 Å². The normalized spacial score (nSPS) is 28.7. The lowest BCUT2D eigenvalue weighted by atomic mass is 9.67. The fraction of sp³-hybridized carbons (Fsp3) is 0.395. The summed E-state index contributed by atoms with van der Waals surface area (Å²) < 4.78 is 4.40. The molecule has 1 N–H and O–H groups in total. The molecule has 3 amide bonds. The van der Waals surface area contributed by atoms with Crippen LogP contribution < -0.4 is 10.2 Å². The second-order valence-corrected chi connectivity index (χ2v) is 14.8. The van der Waals surface area contributed by atoms with Gasteiger partial charge in [-0.2, -0.15) is 5.10 Å².